The van der Waals surface area contributed by atoms with Gasteiger partial charge < -0.3 is 4.74 Å². The molecule has 0 amide bonds. The molecule has 1 aromatic heterocycles. The highest BCUT2D eigenvalue weighted by atomic mass is 32.2. The monoisotopic (exact) mass is 566 g/mol. The Kier molecular flexibility index (Phi) is 6.95. The van der Waals surface area contributed by atoms with Crippen molar-refractivity contribution in [3.63, 3.8) is 0 Å². The second kappa shape index (κ2) is 10.1. The zero-order chi connectivity index (χ0) is 27.9. The number of nitrogens with one attached hydrogen (secondary N) is 1. The van der Waals surface area contributed by atoms with Crippen molar-refractivity contribution in [2.45, 2.75) is 25.6 Å². The lowest BCUT2D eigenvalue weighted by molar-refractivity contribution is -0.137. The number of halogens is 4. The number of alkyl halides is 3. The van der Waals surface area contributed by atoms with E-state index < -0.39 is 33.3 Å². The van der Waals surface area contributed by atoms with Gasteiger partial charge in [-0.3, -0.25) is 19.7 Å². The molecule has 39 heavy (non-hydrogen) atoms. The Hall–Kier alpha value is -3.75. The van der Waals surface area contributed by atoms with Crippen LogP contribution in [-0.2, 0) is 34.2 Å². The molecule has 14 heteroatoms. The first-order chi connectivity index (χ1) is 18.5. The minimum atomic E-state index is -4.61. The Morgan fingerprint density at radius 1 is 1.10 bits per heavy atom. The number of hydroxylamine groups is 1. The number of benzene rings is 2. The van der Waals surface area contributed by atoms with E-state index in [0.717, 1.165) is 22.5 Å². The molecule has 0 spiro atoms. The van der Waals surface area contributed by atoms with Crippen LogP contribution in [0.4, 0.5) is 17.6 Å². The molecular weight excluding hydrogens is 544 g/mol. The Balaban J connectivity index is 1.55. The van der Waals surface area contributed by atoms with Gasteiger partial charge in [-0.25, -0.2) is 4.39 Å². The lowest BCUT2D eigenvalue weighted by atomic mass is 10.0. The summed E-state index contributed by atoms with van der Waals surface area (Å²) in [5.41, 5.74) is 1.84. The molecule has 1 N–H and O–H groups in total. The molecule has 0 unspecified atom stereocenters. The fourth-order valence-corrected chi connectivity index (χ4v) is 5.70. The van der Waals surface area contributed by atoms with E-state index in [4.69, 9.17) is 9.57 Å². The van der Waals surface area contributed by atoms with Crippen molar-refractivity contribution in [2.75, 3.05) is 20.3 Å². The van der Waals surface area contributed by atoms with Gasteiger partial charge in [-0.15, -0.1) is 4.40 Å². The maximum Gasteiger partial charge on any atom is 0.416 e. The van der Waals surface area contributed by atoms with Crippen molar-refractivity contribution in [1.29, 1.82) is 0 Å². The molecule has 5 rings (SSSR count). The normalized spacial score (nSPS) is 17.2. The highest BCUT2D eigenvalue weighted by Crippen LogP contribution is 2.36. The van der Waals surface area contributed by atoms with Crippen molar-refractivity contribution >= 4 is 16.0 Å². The Labute approximate surface area is 220 Å². The van der Waals surface area contributed by atoms with E-state index >= 15 is 4.39 Å². The molecule has 0 radical (unpaired) electrons. The molecule has 0 bridgehead atoms. The summed E-state index contributed by atoms with van der Waals surface area (Å²) in [4.78, 5) is 17.9. The summed E-state index contributed by atoms with van der Waals surface area (Å²) in [5, 5.41) is 0. The number of amidine groups is 1. The largest absolute Gasteiger partial charge is 0.495 e. The zero-order valence-corrected chi connectivity index (χ0v) is 21.3. The number of methoxy groups -OCH3 is 1. The van der Waals surface area contributed by atoms with Crippen LogP contribution in [0.15, 0.2) is 57.7 Å². The van der Waals surface area contributed by atoms with E-state index in [2.05, 4.69) is 9.88 Å². The van der Waals surface area contributed by atoms with Crippen LogP contribution < -0.4 is 15.8 Å². The predicted octanol–water partition coefficient (Wildman–Crippen LogP) is 3.60. The lowest BCUT2D eigenvalue weighted by Gasteiger charge is -2.28. The summed E-state index contributed by atoms with van der Waals surface area (Å²) < 4.78 is 92.2. The van der Waals surface area contributed by atoms with Crippen LogP contribution in [0.1, 0.15) is 23.2 Å². The molecule has 2 aliphatic rings. The molecular formula is C25H22F4N4O5S. The molecule has 206 valence electrons. The number of hydrogen-bond acceptors (Lipinski definition) is 5. The summed E-state index contributed by atoms with van der Waals surface area (Å²) in [6.07, 6.45) is -4.17. The molecule has 9 nitrogen and oxygen atoms in total. The topological polar surface area (TPSA) is 102 Å². The van der Waals surface area contributed by atoms with Gasteiger partial charge in [0.25, 0.3) is 5.56 Å². The smallest absolute Gasteiger partial charge is 0.416 e. The average molecular weight is 567 g/mol. The summed E-state index contributed by atoms with van der Waals surface area (Å²) in [7, 11) is -2.75. The molecule has 2 aliphatic heterocycles. The molecule has 3 heterocycles. The Bertz CT molecular complexity index is 1630. The molecule has 0 aliphatic carbocycles. The van der Waals surface area contributed by atoms with Crippen molar-refractivity contribution in [2.24, 2.45) is 4.40 Å². The van der Waals surface area contributed by atoms with Crippen molar-refractivity contribution in [3.05, 3.63) is 81.5 Å². The first-order valence-corrected chi connectivity index (χ1v) is 13.1. The van der Waals surface area contributed by atoms with Gasteiger partial charge in [0.15, 0.2) is 0 Å². The number of aromatic nitrogens is 1. The number of ether oxygens (including phenoxy) is 1. The number of pyridine rings is 1. The third kappa shape index (κ3) is 5.27. The quantitative estimate of drug-likeness (QED) is 0.474. The van der Waals surface area contributed by atoms with Crippen LogP contribution in [0.2, 0.25) is 0 Å². The lowest BCUT2D eigenvalue weighted by Crippen LogP contribution is -2.38. The van der Waals surface area contributed by atoms with Gasteiger partial charge >= 0.3 is 16.4 Å². The van der Waals surface area contributed by atoms with E-state index in [0.29, 0.717) is 24.3 Å². The minimum absolute atomic E-state index is 0.00351. The van der Waals surface area contributed by atoms with Crippen molar-refractivity contribution in [3.8, 4) is 22.6 Å². The fraction of sp³-hybridized carbons (Fsp3) is 0.280. The maximum absolute atomic E-state index is 15.4. The maximum atomic E-state index is 15.4. The Morgan fingerprint density at radius 2 is 1.90 bits per heavy atom. The van der Waals surface area contributed by atoms with E-state index in [1.807, 2.05) is 0 Å². The van der Waals surface area contributed by atoms with Crippen LogP contribution in [0, 0.1) is 5.82 Å². The van der Waals surface area contributed by atoms with Crippen LogP contribution in [0.5, 0.6) is 5.75 Å². The van der Waals surface area contributed by atoms with E-state index in [1.165, 1.54) is 42.0 Å². The van der Waals surface area contributed by atoms with Gasteiger partial charge in [0.05, 0.1) is 25.0 Å². The number of hydrogen-bond donors (Lipinski definition) is 1. The molecule has 2 aromatic carbocycles. The number of fused-ring (bicyclic) bond motifs is 1. The van der Waals surface area contributed by atoms with Gasteiger partial charge in [0.2, 0.25) is 0 Å². The second-order valence-corrected chi connectivity index (χ2v) is 10.5. The van der Waals surface area contributed by atoms with Crippen molar-refractivity contribution < 1.29 is 35.6 Å². The minimum Gasteiger partial charge on any atom is -0.495 e. The van der Waals surface area contributed by atoms with Gasteiger partial charge in [-0.1, -0.05) is 18.2 Å². The zero-order valence-electron chi connectivity index (χ0n) is 20.5. The second-order valence-electron chi connectivity index (χ2n) is 8.86. The van der Waals surface area contributed by atoms with Crippen molar-refractivity contribution in [1.82, 2.24) is 14.4 Å². The van der Waals surface area contributed by atoms with E-state index in [-0.39, 0.29) is 47.9 Å². The molecule has 0 atom stereocenters. The van der Waals surface area contributed by atoms with Crippen LogP contribution in [-0.4, -0.2) is 43.4 Å². The molecule has 1 fully saturated rings. The molecule has 1 saturated heterocycles. The molecule has 0 saturated carbocycles. The average Bonchev–Trinajstić information content (AvgIpc) is 3.40. The van der Waals surface area contributed by atoms with Gasteiger partial charge in [0.1, 0.15) is 17.4 Å². The van der Waals surface area contributed by atoms with E-state index in [9.17, 15) is 26.4 Å². The van der Waals surface area contributed by atoms with Gasteiger partial charge in [-0.05, 0) is 29.3 Å². The van der Waals surface area contributed by atoms with E-state index in [1.54, 1.807) is 0 Å². The highest BCUT2D eigenvalue weighted by molar-refractivity contribution is 7.87. The third-order valence-electron chi connectivity index (χ3n) is 6.43. The standard InChI is InChI=1S/C25H22F4N4O5S/c1-37-22-12-18(15-3-2-4-17(11-15)25(27,28)29)19(26)13-21(22)33-20-7-9-32(14-16(20)5-6-24(33)34)39(35,36)31-23-8-10-38-30-23/h2-6,11-13H,7-10,14H2,1H3,(H,30,31). The first-order valence-electron chi connectivity index (χ1n) is 11.7. The summed E-state index contributed by atoms with van der Waals surface area (Å²) in [6, 6.07) is 9.22. The summed E-state index contributed by atoms with van der Waals surface area (Å²) in [6.45, 7) is 0.223. The highest BCUT2D eigenvalue weighted by Gasteiger charge is 2.32. The SMILES string of the molecule is COc1cc(-c2cccc(C(F)(F)F)c2)c(F)cc1-n1c2c(ccc1=O)CN(S(=O)(=O)/N=C1\CCON1)CC2. The third-order valence-corrected chi connectivity index (χ3v) is 7.84. The summed E-state index contributed by atoms with van der Waals surface area (Å²) >= 11 is 0. The number of nitrogens with zero attached hydrogens (tertiary/aromatic N) is 3. The predicted molar refractivity (Wildman–Crippen MR) is 133 cm³/mol. The van der Waals surface area contributed by atoms with Crippen LogP contribution in [0.3, 0.4) is 0 Å². The van der Waals surface area contributed by atoms with Crippen LogP contribution in [0.25, 0.3) is 16.8 Å². The number of rotatable bonds is 5. The van der Waals surface area contributed by atoms with Gasteiger partial charge in [0, 0.05) is 49.3 Å². The van der Waals surface area contributed by atoms with Crippen LogP contribution >= 0.6 is 0 Å². The first kappa shape index (κ1) is 26.8. The fourth-order valence-electron chi connectivity index (χ4n) is 4.56. The summed E-state index contributed by atoms with van der Waals surface area (Å²) in [5.74, 6) is -0.628. The molecule has 3 aromatic rings. The van der Waals surface area contributed by atoms with Gasteiger partial charge in [-0.2, -0.15) is 25.9 Å². The Morgan fingerprint density at radius 3 is 2.59 bits per heavy atom.